The Hall–Kier alpha value is -3.41. The van der Waals surface area contributed by atoms with Crippen LogP contribution in [0.5, 0.6) is 0 Å². The first-order valence-electron chi connectivity index (χ1n) is 9.46. The monoisotopic (exact) mass is 373 g/mol. The second-order valence-electron chi connectivity index (χ2n) is 6.86. The molecular formula is C22H23N5O. The third-order valence-corrected chi connectivity index (χ3v) is 5.01. The molecule has 4 rings (SSSR count). The van der Waals surface area contributed by atoms with Gasteiger partial charge in [0.15, 0.2) is 11.6 Å². The summed E-state index contributed by atoms with van der Waals surface area (Å²) in [7, 11) is 0. The number of hydrogen-bond acceptors (Lipinski definition) is 5. The van der Waals surface area contributed by atoms with Crippen LogP contribution in [0.2, 0.25) is 0 Å². The van der Waals surface area contributed by atoms with Crippen LogP contribution >= 0.6 is 0 Å². The number of aryl methyl sites for hydroxylation is 1. The lowest BCUT2D eigenvalue weighted by atomic mass is 10.1. The predicted octanol–water partition coefficient (Wildman–Crippen LogP) is 3.36. The number of anilines is 3. The van der Waals surface area contributed by atoms with Crippen LogP contribution in [-0.4, -0.2) is 42.3 Å². The fourth-order valence-corrected chi connectivity index (χ4v) is 3.40. The lowest BCUT2D eigenvalue weighted by molar-refractivity contribution is 0.102. The van der Waals surface area contributed by atoms with Crippen molar-refractivity contribution in [2.24, 2.45) is 0 Å². The molecule has 0 radical (unpaired) electrons. The van der Waals surface area contributed by atoms with Gasteiger partial charge < -0.3 is 15.1 Å². The quantitative estimate of drug-likeness (QED) is 0.760. The molecule has 2 aromatic carbocycles. The lowest BCUT2D eigenvalue weighted by Gasteiger charge is -2.36. The van der Waals surface area contributed by atoms with Gasteiger partial charge in [0, 0.05) is 37.4 Å². The van der Waals surface area contributed by atoms with Crippen molar-refractivity contribution < 1.29 is 4.79 Å². The van der Waals surface area contributed by atoms with Gasteiger partial charge in [-0.3, -0.25) is 4.79 Å². The van der Waals surface area contributed by atoms with Crippen LogP contribution < -0.4 is 15.1 Å². The maximum Gasteiger partial charge on any atom is 0.257 e. The zero-order valence-corrected chi connectivity index (χ0v) is 15.9. The van der Waals surface area contributed by atoms with Gasteiger partial charge in [0.25, 0.3) is 5.91 Å². The summed E-state index contributed by atoms with van der Waals surface area (Å²) in [5, 5.41) is 11.3. The highest BCUT2D eigenvalue weighted by molar-refractivity contribution is 6.04. The molecule has 0 atom stereocenters. The number of para-hydroxylation sites is 1. The van der Waals surface area contributed by atoms with E-state index >= 15 is 0 Å². The number of carbonyl (C=O) groups excluding carboxylic acids is 1. The summed E-state index contributed by atoms with van der Waals surface area (Å²) < 4.78 is 0. The highest BCUT2D eigenvalue weighted by atomic mass is 16.1. The van der Waals surface area contributed by atoms with Crippen LogP contribution in [0.25, 0.3) is 0 Å². The number of amides is 1. The summed E-state index contributed by atoms with van der Waals surface area (Å²) in [4.78, 5) is 17.0. The van der Waals surface area contributed by atoms with Crippen LogP contribution in [0.3, 0.4) is 0 Å². The van der Waals surface area contributed by atoms with E-state index in [2.05, 4.69) is 49.6 Å². The van der Waals surface area contributed by atoms with Crippen molar-refractivity contribution >= 4 is 23.2 Å². The van der Waals surface area contributed by atoms with Gasteiger partial charge in [-0.05, 0) is 42.8 Å². The molecule has 0 aliphatic carbocycles. The van der Waals surface area contributed by atoms with E-state index in [1.54, 1.807) is 6.07 Å². The number of rotatable bonds is 4. The van der Waals surface area contributed by atoms with E-state index in [0.717, 1.165) is 37.6 Å². The standard InChI is InChI=1S/C22H23N5O/c1-17-7-5-6-10-19(17)22(28)23-20-11-12-21(25-24-20)27-15-13-26(14-16-27)18-8-3-2-4-9-18/h2-12H,13-16H2,1H3,(H,23,24,28). The molecule has 1 saturated heterocycles. The molecule has 1 aliphatic rings. The van der Waals surface area contributed by atoms with Crippen LogP contribution in [-0.2, 0) is 0 Å². The molecule has 0 spiro atoms. The molecule has 3 aromatic rings. The van der Waals surface area contributed by atoms with Crippen LogP contribution in [0.1, 0.15) is 15.9 Å². The number of benzene rings is 2. The fraction of sp³-hybridized carbons (Fsp3) is 0.227. The summed E-state index contributed by atoms with van der Waals surface area (Å²) in [5.74, 6) is 1.12. The average Bonchev–Trinajstić information content (AvgIpc) is 2.75. The van der Waals surface area contributed by atoms with Crippen LogP contribution in [0.15, 0.2) is 66.7 Å². The molecule has 0 unspecified atom stereocenters. The number of piperazine rings is 1. The van der Waals surface area contributed by atoms with Crippen molar-refractivity contribution in [2.45, 2.75) is 6.92 Å². The van der Waals surface area contributed by atoms with Gasteiger partial charge in [-0.2, -0.15) is 0 Å². The van der Waals surface area contributed by atoms with Gasteiger partial charge in [0.2, 0.25) is 0 Å². The zero-order valence-electron chi connectivity index (χ0n) is 15.9. The zero-order chi connectivity index (χ0) is 19.3. The molecule has 1 aliphatic heterocycles. The highest BCUT2D eigenvalue weighted by Gasteiger charge is 2.18. The predicted molar refractivity (Wildman–Crippen MR) is 112 cm³/mol. The molecule has 1 N–H and O–H groups in total. The number of hydrogen-bond donors (Lipinski definition) is 1. The van der Waals surface area contributed by atoms with E-state index in [0.29, 0.717) is 11.4 Å². The summed E-state index contributed by atoms with van der Waals surface area (Å²) >= 11 is 0. The number of nitrogens with one attached hydrogen (secondary N) is 1. The Morgan fingerprint density at radius 3 is 2.18 bits per heavy atom. The fourth-order valence-electron chi connectivity index (χ4n) is 3.40. The van der Waals surface area contributed by atoms with Gasteiger partial charge in [-0.1, -0.05) is 36.4 Å². The van der Waals surface area contributed by atoms with Crippen LogP contribution in [0.4, 0.5) is 17.3 Å². The molecule has 0 saturated carbocycles. The first kappa shape index (κ1) is 18.0. The van der Waals surface area contributed by atoms with E-state index in [9.17, 15) is 4.79 Å². The Balaban J connectivity index is 1.36. The first-order valence-corrected chi connectivity index (χ1v) is 9.46. The Morgan fingerprint density at radius 2 is 1.50 bits per heavy atom. The molecule has 6 nitrogen and oxygen atoms in total. The molecule has 6 heteroatoms. The van der Waals surface area contributed by atoms with Crippen molar-refractivity contribution in [3.8, 4) is 0 Å². The van der Waals surface area contributed by atoms with Crippen molar-refractivity contribution in [2.75, 3.05) is 41.3 Å². The largest absolute Gasteiger partial charge is 0.368 e. The third-order valence-electron chi connectivity index (χ3n) is 5.01. The second-order valence-corrected chi connectivity index (χ2v) is 6.86. The molecule has 0 bridgehead atoms. The number of aromatic nitrogens is 2. The lowest BCUT2D eigenvalue weighted by Crippen LogP contribution is -2.46. The molecule has 1 aromatic heterocycles. The Morgan fingerprint density at radius 1 is 0.821 bits per heavy atom. The van der Waals surface area contributed by atoms with Gasteiger partial charge >= 0.3 is 0 Å². The summed E-state index contributed by atoms with van der Waals surface area (Å²) in [6.07, 6.45) is 0. The number of nitrogens with zero attached hydrogens (tertiary/aromatic N) is 4. The maximum absolute atomic E-state index is 12.4. The summed E-state index contributed by atoms with van der Waals surface area (Å²) in [6, 6.07) is 21.7. The molecule has 1 fully saturated rings. The number of carbonyl (C=O) groups is 1. The van der Waals surface area contributed by atoms with Crippen molar-refractivity contribution in [1.29, 1.82) is 0 Å². The summed E-state index contributed by atoms with van der Waals surface area (Å²) in [5.41, 5.74) is 2.83. The average molecular weight is 373 g/mol. The van der Waals surface area contributed by atoms with Gasteiger partial charge in [-0.25, -0.2) is 0 Å². The van der Waals surface area contributed by atoms with E-state index in [-0.39, 0.29) is 5.91 Å². The second kappa shape index (κ2) is 8.08. The maximum atomic E-state index is 12.4. The van der Waals surface area contributed by atoms with E-state index in [1.165, 1.54) is 5.69 Å². The molecular weight excluding hydrogens is 350 g/mol. The van der Waals surface area contributed by atoms with Gasteiger partial charge in [-0.15, -0.1) is 10.2 Å². The van der Waals surface area contributed by atoms with Crippen molar-refractivity contribution in [1.82, 2.24) is 10.2 Å². The van der Waals surface area contributed by atoms with Crippen molar-refractivity contribution in [3.05, 3.63) is 77.9 Å². The van der Waals surface area contributed by atoms with Crippen molar-refractivity contribution in [3.63, 3.8) is 0 Å². The highest BCUT2D eigenvalue weighted by Crippen LogP contribution is 2.19. The van der Waals surface area contributed by atoms with E-state index in [1.807, 2.05) is 43.3 Å². The van der Waals surface area contributed by atoms with Gasteiger partial charge in [0.05, 0.1) is 0 Å². The minimum Gasteiger partial charge on any atom is -0.368 e. The normalized spacial score (nSPS) is 14.0. The minimum absolute atomic E-state index is 0.170. The Kier molecular flexibility index (Phi) is 5.19. The van der Waals surface area contributed by atoms with E-state index < -0.39 is 0 Å². The van der Waals surface area contributed by atoms with Crippen LogP contribution in [0, 0.1) is 6.92 Å². The summed E-state index contributed by atoms with van der Waals surface area (Å²) in [6.45, 7) is 5.57. The molecule has 28 heavy (non-hydrogen) atoms. The SMILES string of the molecule is Cc1ccccc1C(=O)Nc1ccc(N2CCN(c3ccccc3)CC2)nn1. The Bertz CT molecular complexity index is 935. The smallest absolute Gasteiger partial charge is 0.257 e. The Labute approximate surface area is 164 Å². The topological polar surface area (TPSA) is 61.4 Å². The first-order chi connectivity index (χ1) is 13.7. The molecule has 142 valence electrons. The van der Waals surface area contributed by atoms with Gasteiger partial charge in [0.1, 0.15) is 0 Å². The van der Waals surface area contributed by atoms with E-state index in [4.69, 9.17) is 0 Å². The minimum atomic E-state index is -0.170. The molecule has 1 amide bonds. The molecule has 2 heterocycles. The third kappa shape index (κ3) is 3.96.